The number of hydrogen-bond donors (Lipinski definition) is 1. The fourth-order valence-corrected chi connectivity index (χ4v) is 4.74. The van der Waals surface area contributed by atoms with Crippen molar-refractivity contribution in [3.8, 4) is 6.07 Å². The van der Waals surface area contributed by atoms with Crippen LogP contribution in [0.25, 0.3) is 0 Å². The first-order valence-electron chi connectivity index (χ1n) is 11.0. The highest BCUT2D eigenvalue weighted by Gasteiger charge is 2.42. The zero-order valence-corrected chi connectivity index (χ0v) is 18.3. The van der Waals surface area contributed by atoms with E-state index in [2.05, 4.69) is 21.2 Å². The number of hydrogen-bond acceptors (Lipinski definition) is 6. The van der Waals surface area contributed by atoms with Crippen LogP contribution in [0.15, 0.2) is 42.5 Å². The molecule has 0 radical (unpaired) electrons. The molecular formula is C24H27N5O3. The normalized spacial score (nSPS) is 20.5. The number of carbonyl (C=O) groups excluding carboxylic acids is 1. The molecular weight excluding hydrogens is 406 g/mol. The van der Waals surface area contributed by atoms with Crippen molar-refractivity contribution in [2.45, 2.75) is 38.8 Å². The highest BCUT2D eigenvalue weighted by atomic mass is 16.6. The van der Waals surface area contributed by atoms with Crippen LogP contribution in [0.5, 0.6) is 0 Å². The zero-order valence-electron chi connectivity index (χ0n) is 18.3. The van der Waals surface area contributed by atoms with Crippen LogP contribution >= 0.6 is 0 Å². The molecule has 0 saturated carbocycles. The second kappa shape index (κ2) is 8.87. The number of amides is 1. The van der Waals surface area contributed by atoms with E-state index in [1.54, 1.807) is 6.07 Å². The fraction of sp³-hybridized carbons (Fsp3) is 0.417. The number of para-hydroxylation sites is 1. The summed E-state index contributed by atoms with van der Waals surface area (Å²) in [5.41, 5.74) is 3.34. The van der Waals surface area contributed by atoms with Crippen molar-refractivity contribution in [3.63, 3.8) is 0 Å². The van der Waals surface area contributed by atoms with Crippen LogP contribution < -0.4 is 15.1 Å². The largest absolute Gasteiger partial charge is 0.367 e. The van der Waals surface area contributed by atoms with Gasteiger partial charge in [0.05, 0.1) is 28.1 Å². The van der Waals surface area contributed by atoms with Gasteiger partial charge in [-0.25, -0.2) is 0 Å². The highest BCUT2D eigenvalue weighted by molar-refractivity contribution is 5.83. The Labute approximate surface area is 187 Å². The number of non-ortho nitro benzene ring substituents is 1. The topological polar surface area (TPSA) is 103 Å². The van der Waals surface area contributed by atoms with E-state index in [0.717, 1.165) is 23.4 Å². The van der Waals surface area contributed by atoms with Crippen LogP contribution in [0, 0.1) is 27.4 Å². The van der Waals surface area contributed by atoms with Crippen LogP contribution in [0.2, 0.25) is 0 Å². The lowest BCUT2D eigenvalue weighted by Gasteiger charge is -2.49. The maximum atomic E-state index is 13.3. The van der Waals surface area contributed by atoms with Gasteiger partial charge < -0.3 is 15.1 Å². The molecule has 2 aliphatic rings. The maximum absolute atomic E-state index is 13.3. The molecule has 0 bridgehead atoms. The van der Waals surface area contributed by atoms with Crippen LogP contribution in [-0.2, 0) is 11.2 Å². The number of piperazine rings is 1. The first-order valence-corrected chi connectivity index (χ1v) is 11.0. The van der Waals surface area contributed by atoms with Gasteiger partial charge in [0, 0.05) is 43.5 Å². The molecule has 8 nitrogen and oxygen atoms in total. The summed E-state index contributed by atoms with van der Waals surface area (Å²) in [5.74, 6) is -0.363. The Bertz CT molecular complexity index is 1080. The summed E-state index contributed by atoms with van der Waals surface area (Å²) in [6.45, 7) is 5.98. The van der Waals surface area contributed by atoms with Gasteiger partial charge in [0.15, 0.2) is 0 Å². The standard InChI is InChI=1S/C24H27N5O3/c1-3-16(2)26-24(30)20-13-18-12-19(29(31)32)8-9-22(18)28-11-10-27(15-23(20)28)21-7-5-4-6-17(21)14-25/h4-9,12,16,20,23H,3,10-11,13,15H2,1-2H3,(H,26,30)/t16-,20+,23+/m0/s1. The summed E-state index contributed by atoms with van der Waals surface area (Å²) < 4.78 is 0. The van der Waals surface area contributed by atoms with Gasteiger partial charge in [-0.3, -0.25) is 14.9 Å². The van der Waals surface area contributed by atoms with E-state index < -0.39 is 4.92 Å². The average molecular weight is 434 g/mol. The van der Waals surface area contributed by atoms with E-state index in [9.17, 15) is 20.2 Å². The Balaban J connectivity index is 1.70. The monoisotopic (exact) mass is 433 g/mol. The fourth-order valence-electron chi connectivity index (χ4n) is 4.74. The lowest BCUT2D eigenvalue weighted by Crippen LogP contribution is -2.61. The minimum Gasteiger partial charge on any atom is -0.367 e. The number of nitro groups is 1. The summed E-state index contributed by atoms with van der Waals surface area (Å²) in [5, 5.41) is 24.0. The molecule has 1 saturated heterocycles. The van der Waals surface area contributed by atoms with Crippen LogP contribution in [0.3, 0.4) is 0 Å². The van der Waals surface area contributed by atoms with Gasteiger partial charge in [-0.15, -0.1) is 0 Å². The van der Waals surface area contributed by atoms with Gasteiger partial charge >= 0.3 is 0 Å². The number of anilines is 2. The smallest absolute Gasteiger partial charge is 0.269 e. The third-order valence-electron chi connectivity index (χ3n) is 6.61. The highest BCUT2D eigenvalue weighted by Crippen LogP contribution is 2.39. The van der Waals surface area contributed by atoms with E-state index in [1.165, 1.54) is 6.07 Å². The molecule has 166 valence electrons. The third-order valence-corrected chi connectivity index (χ3v) is 6.61. The Morgan fingerprint density at radius 1 is 1.28 bits per heavy atom. The molecule has 2 heterocycles. The van der Waals surface area contributed by atoms with E-state index in [-0.39, 0.29) is 29.6 Å². The molecule has 1 amide bonds. The Morgan fingerprint density at radius 2 is 2.06 bits per heavy atom. The Morgan fingerprint density at radius 3 is 2.78 bits per heavy atom. The van der Waals surface area contributed by atoms with Crippen molar-refractivity contribution in [2.24, 2.45) is 5.92 Å². The molecule has 0 aliphatic carbocycles. The number of carbonyl (C=O) groups is 1. The number of nitrogens with one attached hydrogen (secondary N) is 1. The number of benzene rings is 2. The van der Waals surface area contributed by atoms with Gasteiger partial charge in [-0.05, 0) is 43.5 Å². The van der Waals surface area contributed by atoms with Crippen molar-refractivity contribution in [1.29, 1.82) is 5.26 Å². The van der Waals surface area contributed by atoms with E-state index in [0.29, 0.717) is 31.6 Å². The molecule has 2 aromatic rings. The van der Waals surface area contributed by atoms with Gasteiger partial charge in [0.2, 0.25) is 5.91 Å². The second-order valence-corrected chi connectivity index (χ2v) is 8.53. The molecule has 1 fully saturated rings. The van der Waals surface area contributed by atoms with Crippen LogP contribution in [0.4, 0.5) is 17.1 Å². The van der Waals surface area contributed by atoms with E-state index >= 15 is 0 Å². The minimum absolute atomic E-state index is 0.0260. The number of rotatable bonds is 5. The molecule has 8 heteroatoms. The van der Waals surface area contributed by atoms with Crippen molar-refractivity contribution in [3.05, 3.63) is 63.7 Å². The van der Waals surface area contributed by atoms with Crippen molar-refractivity contribution < 1.29 is 9.72 Å². The summed E-state index contributed by atoms with van der Waals surface area (Å²) in [6.07, 6.45) is 1.28. The summed E-state index contributed by atoms with van der Waals surface area (Å²) in [7, 11) is 0. The SMILES string of the molecule is CC[C@H](C)NC(=O)[C@@H]1Cc2cc([N+](=O)[O-])ccc2N2CCN(c3ccccc3C#N)C[C@H]12. The molecule has 0 spiro atoms. The van der Waals surface area contributed by atoms with Crippen molar-refractivity contribution in [1.82, 2.24) is 5.32 Å². The first-order chi connectivity index (χ1) is 15.4. The average Bonchev–Trinajstić information content (AvgIpc) is 2.82. The third kappa shape index (κ3) is 3.98. The second-order valence-electron chi connectivity index (χ2n) is 8.53. The van der Waals surface area contributed by atoms with Gasteiger partial charge in [0.1, 0.15) is 6.07 Å². The number of fused-ring (bicyclic) bond motifs is 3. The molecule has 1 N–H and O–H groups in total. The lowest BCUT2D eigenvalue weighted by atomic mass is 9.82. The molecule has 2 aromatic carbocycles. The van der Waals surface area contributed by atoms with E-state index in [1.807, 2.05) is 44.2 Å². The predicted octanol–water partition coefficient (Wildman–Crippen LogP) is 3.25. The molecule has 0 aromatic heterocycles. The Kier molecular flexibility index (Phi) is 5.99. The quantitative estimate of drug-likeness (QED) is 0.574. The van der Waals surface area contributed by atoms with Gasteiger partial charge in [-0.1, -0.05) is 19.1 Å². The van der Waals surface area contributed by atoms with Gasteiger partial charge in [0.25, 0.3) is 5.69 Å². The van der Waals surface area contributed by atoms with Crippen molar-refractivity contribution >= 4 is 23.0 Å². The van der Waals surface area contributed by atoms with Crippen molar-refractivity contribution in [2.75, 3.05) is 29.4 Å². The van der Waals surface area contributed by atoms with Gasteiger partial charge in [-0.2, -0.15) is 5.26 Å². The molecule has 32 heavy (non-hydrogen) atoms. The molecule has 4 rings (SSSR count). The Hall–Kier alpha value is -3.60. The lowest BCUT2D eigenvalue weighted by molar-refractivity contribution is -0.384. The first kappa shape index (κ1) is 21.6. The molecule has 0 unspecified atom stereocenters. The summed E-state index contributed by atoms with van der Waals surface area (Å²) in [6, 6.07) is 14.7. The zero-order chi connectivity index (χ0) is 22.8. The number of nitrogens with zero attached hydrogens (tertiary/aromatic N) is 4. The predicted molar refractivity (Wildman–Crippen MR) is 123 cm³/mol. The minimum atomic E-state index is -0.392. The van der Waals surface area contributed by atoms with Crippen LogP contribution in [-0.4, -0.2) is 42.5 Å². The molecule has 3 atom stereocenters. The summed E-state index contributed by atoms with van der Waals surface area (Å²) in [4.78, 5) is 28.6. The molecule has 2 aliphatic heterocycles. The maximum Gasteiger partial charge on any atom is 0.269 e. The van der Waals surface area contributed by atoms with Crippen LogP contribution in [0.1, 0.15) is 31.4 Å². The summed E-state index contributed by atoms with van der Waals surface area (Å²) >= 11 is 0. The van der Waals surface area contributed by atoms with E-state index in [4.69, 9.17) is 0 Å². The number of nitriles is 1. The number of nitro benzene ring substituents is 1.